The number of furan rings is 1. The Balaban J connectivity index is 1.62. The van der Waals surface area contributed by atoms with Crippen molar-refractivity contribution in [2.45, 2.75) is 25.6 Å². The van der Waals surface area contributed by atoms with Crippen molar-refractivity contribution < 1.29 is 18.3 Å². The predicted molar refractivity (Wildman–Crippen MR) is 82.1 cm³/mol. The van der Waals surface area contributed by atoms with Crippen LogP contribution in [0.15, 0.2) is 22.9 Å². The van der Waals surface area contributed by atoms with Crippen LogP contribution in [0.1, 0.15) is 24.8 Å². The Morgan fingerprint density at radius 3 is 3.08 bits per heavy atom. The van der Waals surface area contributed by atoms with E-state index in [1.165, 1.54) is 7.11 Å². The van der Waals surface area contributed by atoms with Gasteiger partial charge in [0.2, 0.25) is 0 Å². The fourth-order valence-corrected chi connectivity index (χ4v) is 2.74. The van der Waals surface area contributed by atoms with E-state index < -0.39 is 6.08 Å². The molecule has 0 aromatic carbocycles. The molecule has 0 radical (unpaired) electrons. The lowest BCUT2D eigenvalue weighted by atomic mass is 10.3. The van der Waals surface area contributed by atoms with Crippen LogP contribution < -0.4 is 10.1 Å². The van der Waals surface area contributed by atoms with E-state index in [-0.39, 0.29) is 6.23 Å². The van der Waals surface area contributed by atoms with Gasteiger partial charge in [0.05, 0.1) is 20.0 Å². The van der Waals surface area contributed by atoms with Crippen molar-refractivity contribution >= 4 is 17.0 Å². The van der Waals surface area contributed by atoms with Gasteiger partial charge >= 0.3 is 6.08 Å². The van der Waals surface area contributed by atoms with Crippen molar-refractivity contribution in [2.24, 2.45) is 0 Å². The number of hydrogen-bond donors (Lipinski definition) is 1. The molecule has 126 valence electrons. The average molecular weight is 333 g/mol. The standard InChI is InChI=1S/C15H16FN5O3/c1-22-11-5-4-9(24-11)7-17-13-12-14(20-15(16)19-13)21(8-18-12)10-3-2-6-23-10/h4-5,8,10H,2-3,6-7H2,1H3,(H,17,19,20). The fraction of sp³-hybridized carbons (Fsp3) is 0.400. The number of aromatic nitrogens is 4. The zero-order valence-corrected chi connectivity index (χ0v) is 13.0. The number of hydrogen-bond acceptors (Lipinski definition) is 7. The number of imidazole rings is 1. The van der Waals surface area contributed by atoms with E-state index in [2.05, 4.69) is 20.3 Å². The summed E-state index contributed by atoms with van der Waals surface area (Å²) in [5, 5.41) is 3.03. The molecule has 1 N–H and O–H groups in total. The lowest BCUT2D eigenvalue weighted by Gasteiger charge is -2.11. The number of methoxy groups -OCH3 is 1. The SMILES string of the molecule is COc1ccc(CNc2nc(F)nc3c2ncn3C2CCCO2)o1. The normalized spacial score (nSPS) is 17.5. The topological polar surface area (TPSA) is 87.2 Å². The van der Waals surface area contributed by atoms with Gasteiger partial charge < -0.3 is 19.2 Å². The van der Waals surface area contributed by atoms with Crippen molar-refractivity contribution in [1.82, 2.24) is 19.5 Å². The van der Waals surface area contributed by atoms with Gasteiger partial charge in [-0.3, -0.25) is 4.57 Å². The van der Waals surface area contributed by atoms with Gasteiger partial charge in [-0.2, -0.15) is 14.4 Å². The molecule has 3 aromatic rings. The highest BCUT2D eigenvalue weighted by molar-refractivity contribution is 5.82. The summed E-state index contributed by atoms with van der Waals surface area (Å²) < 4.78 is 31.6. The van der Waals surface area contributed by atoms with Gasteiger partial charge in [-0.25, -0.2) is 4.98 Å². The number of fused-ring (bicyclic) bond motifs is 1. The van der Waals surface area contributed by atoms with Gasteiger partial charge in [-0.05, 0) is 18.9 Å². The smallest absolute Gasteiger partial charge is 0.312 e. The van der Waals surface area contributed by atoms with E-state index in [1.807, 2.05) is 0 Å². The third-order valence-electron chi connectivity index (χ3n) is 3.88. The van der Waals surface area contributed by atoms with E-state index in [0.717, 1.165) is 12.8 Å². The van der Waals surface area contributed by atoms with Crippen LogP contribution in [0.4, 0.5) is 10.2 Å². The number of ether oxygens (including phenoxy) is 2. The maximum absolute atomic E-state index is 13.8. The molecule has 9 heteroatoms. The summed E-state index contributed by atoms with van der Waals surface area (Å²) in [6.07, 6.45) is 2.44. The molecule has 1 fully saturated rings. The van der Waals surface area contributed by atoms with Gasteiger partial charge in [0, 0.05) is 12.7 Å². The molecule has 8 nitrogen and oxygen atoms in total. The predicted octanol–water partition coefficient (Wildman–Crippen LogP) is 2.49. The van der Waals surface area contributed by atoms with Gasteiger partial charge in [0.1, 0.15) is 12.0 Å². The van der Waals surface area contributed by atoms with Gasteiger partial charge in [0.25, 0.3) is 5.95 Å². The highest BCUT2D eigenvalue weighted by Gasteiger charge is 2.22. The molecule has 3 aromatic heterocycles. The third kappa shape index (κ3) is 2.67. The van der Waals surface area contributed by atoms with Crippen LogP contribution in [0.5, 0.6) is 5.95 Å². The summed E-state index contributed by atoms with van der Waals surface area (Å²) in [6.45, 7) is 1.01. The summed E-state index contributed by atoms with van der Waals surface area (Å²) in [4.78, 5) is 12.0. The molecular formula is C15H16FN5O3. The van der Waals surface area contributed by atoms with Crippen molar-refractivity contribution in [3.63, 3.8) is 0 Å². The second kappa shape index (κ2) is 6.08. The Bertz CT molecular complexity index is 856. The number of nitrogens with zero attached hydrogens (tertiary/aromatic N) is 4. The van der Waals surface area contributed by atoms with Crippen LogP contribution in [0.3, 0.4) is 0 Å². The molecule has 0 amide bonds. The lowest BCUT2D eigenvalue weighted by Crippen LogP contribution is -2.09. The summed E-state index contributed by atoms with van der Waals surface area (Å²) in [7, 11) is 1.52. The Morgan fingerprint density at radius 2 is 2.33 bits per heavy atom. The lowest BCUT2D eigenvalue weighted by molar-refractivity contribution is 0.0592. The van der Waals surface area contributed by atoms with Crippen molar-refractivity contribution in [3.05, 3.63) is 30.3 Å². The summed E-state index contributed by atoms with van der Waals surface area (Å²) >= 11 is 0. The molecule has 1 saturated heterocycles. The molecule has 4 rings (SSSR count). The highest BCUT2D eigenvalue weighted by atomic mass is 19.1. The zero-order valence-electron chi connectivity index (χ0n) is 13.0. The quantitative estimate of drug-likeness (QED) is 0.718. The second-order valence-electron chi connectivity index (χ2n) is 5.41. The molecule has 0 saturated carbocycles. The van der Waals surface area contributed by atoms with Crippen LogP contribution in [0.2, 0.25) is 0 Å². The molecule has 24 heavy (non-hydrogen) atoms. The number of halogens is 1. The zero-order chi connectivity index (χ0) is 16.5. The van der Waals surface area contributed by atoms with Crippen molar-refractivity contribution in [2.75, 3.05) is 19.0 Å². The molecule has 0 aliphatic carbocycles. The molecule has 1 aliphatic rings. The second-order valence-corrected chi connectivity index (χ2v) is 5.41. The van der Waals surface area contributed by atoms with E-state index in [4.69, 9.17) is 13.9 Å². The summed E-state index contributed by atoms with van der Waals surface area (Å²) in [6, 6.07) is 3.48. The van der Waals surface area contributed by atoms with E-state index in [9.17, 15) is 4.39 Å². The Hall–Kier alpha value is -2.68. The van der Waals surface area contributed by atoms with Crippen molar-refractivity contribution in [3.8, 4) is 5.95 Å². The molecule has 4 heterocycles. The van der Waals surface area contributed by atoms with Crippen LogP contribution >= 0.6 is 0 Å². The maximum Gasteiger partial charge on any atom is 0.312 e. The first-order valence-electron chi connectivity index (χ1n) is 7.63. The average Bonchev–Trinajstić information content (AvgIpc) is 3.31. The van der Waals surface area contributed by atoms with Crippen LogP contribution in [0, 0.1) is 6.08 Å². The monoisotopic (exact) mass is 333 g/mol. The third-order valence-corrected chi connectivity index (χ3v) is 3.88. The Morgan fingerprint density at radius 1 is 1.42 bits per heavy atom. The first-order chi connectivity index (χ1) is 11.7. The summed E-state index contributed by atoms with van der Waals surface area (Å²) in [5.41, 5.74) is 0.902. The first kappa shape index (κ1) is 14.9. The minimum absolute atomic E-state index is 0.161. The minimum Gasteiger partial charge on any atom is -0.468 e. The molecule has 0 spiro atoms. The highest BCUT2D eigenvalue weighted by Crippen LogP contribution is 2.28. The first-order valence-corrected chi connectivity index (χ1v) is 7.63. The van der Waals surface area contributed by atoms with E-state index >= 15 is 0 Å². The molecule has 1 unspecified atom stereocenters. The molecular weight excluding hydrogens is 317 g/mol. The van der Waals surface area contributed by atoms with Gasteiger partial charge in [0.15, 0.2) is 17.0 Å². The Labute approximate surface area is 136 Å². The Kier molecular flexibility index (Phi) is 3.77. The number of nitrogens with one attached hydrogen (secondary N) is 1. The molecule has 0 bridgehead atoms. The van der Waals surface area contributed by atoms with E-state index in [1.54, 1.807) is 23.0 Å². The minimum atomic E-state index is -0.818. The van der Waals surface area contributed by atoms with Gasteiger partial charge in [-0.15, -0.1) is 0 Å². The fourth-order valence-electron chi connectivity index (χ4n) is 2.74. The summed E-state index contributed by atoms with van der Waals surface area (Å²) in [5.74, 6) is 1.36. The van der Waals surface area contributed by atoms with E-state index in [0.29, 0.717) is 41.8 Å². The molecule has 1 atom stereocenters. The van der Waals surface area contributed by atoms with Crippen molar-refractivity contribution in [1.29, 1.82) is 0 Å². The van der Waals surface area contributed by atoms with Gasteiger partial charge in [-0.1, -0.05) is 0 Å². The maximum atomic E-state index is 13.8. The molecule has 1 aliphatic heterocycles. The number of anilines is 1. The van der Waals surface area contributed by atoms with Crippen LogP contribution in [0.25, 0.3) is 11.2 Å². The van der Waals surface area contributed by atoms with Crippen LogP contribution in [-0.2, 0) is 11.3 Å². The largest absolute Gasteiger partial charge is 0.468 e. The number of rotatable bonds is 5. The van der Waals surface area contributed by atoms with Crippen LogP contribution in [-0.4, -0.2) is 33.2 Å².